The normalized spacial score (nSPS) is 22.1. The van der Waals surface area contributed by atoms with Crippen molar-refractivity contribution in [3.05, 3.63) is 0 Å². The molecule has 2 rings (SSSR count). The molecule has 7 nitrogen and oxygen atoms in total. The second kappa shape index (κ2) is 5.06. The van der Waals surface area contributed by atoms with Gasteiger partial charge in [-0.15, -0.1) is 0 Å². The number of carboxylic acids is 2. The maximum Gasteiger partial charge on any atom is 0.414 e. The predicted octanol–water partition coefficient (Wildman–Crippen LogP) is -1.90. The van der Waals surface area contributed by atoms with Crippen molar-refractivity contribution in [2.75, 3.05) is 32.8 Å². The standard InChI is InChI=1S/C6H12N2O.C2H2O4/c1-2-8-6(3-7-1)4-9-5-6;3-1(4)2(5)6/h7-8H,1-5H2;(H,3,4)(H,5,6). The highest BCUT2D eigenvalue weighted by molar-refractivity contribution is 6.27. The first-order valence-electron chi connectivity index (χ1n) is 4.55. The fourth-order valence-corrected chi connectivity index (χ4v) is 1.36. The monoisotopic (exact) mass is 218 g/mol. The Hall–Kier alpha value is -1.18. The van der Waals surface area contributed by atoms with E-state index in [1.807, 2.05) is 0 Å². The van der Waals surface area contributed by atoms with Crippen LogP contribution in [0.4, 0.5) is 0 Å². The third kappa shape index (κ3) is 3.46. The summed E-state index contributed by atoms with van der Waals surface area (Å²) in [6, 6.07) is 0. The minimum absolute atomic E-state index is 0.318. The zero-order chi connectivity index (χ0) is 11.3. The fourth-order valence-electron chi connectivity index (χ4n) is 1.36. The molecule has 0 aliphatic carbocycles. The van der Waals surface area contributed by atoms with Gasteiger partial charge < -0.3 is 25.6 Å². The summed E-state index contributed by atoms with van der Waals surface area (Å²) in [6.45, 7) is 5.04. The number of carboxylic acid groups (broad SMARTS) is 2. The molecular weight excluding hydrogens is 204 g/mol. The summed E-state index contributed by atoms with van der Waals surface area (Å²) in [5, 5.41) is 21.6. The van der Waals surface area contributed by atoms with Gasteiger partial charge in [-0.05, 0) is 0 Å². The second-order valence-electron chi connectivity index (χ2n) is 3.49. The van der Waals surface area contributed by atoms with E-state index in [-0.39, 0.29) is 0 Å². The molecule has 0 saturated carbocycles. The average molecular weight is 218 g/mol. The van der Waals surface area contributed by atoms with E-state index in [0.717, 1.165) is 32.8 Å². The highest BCUT2D eigenvalue weighted by atomic mass is 16.5. The van der Waals surface area contributed by atoms with Crippen LogP contribution in [0.3, 0.4) is 0 Å². The Morgan fingerprint density at radius 1 is 1.13 bits per heavy atom. The molecule has 0 amide bonds. The van der Waals surface area contributed by atoms with Gasteiger partial charge in [-0.25, -0.2) is 9.59 Å². The van der Waals surface area contributed by atoms with Crippen molar-refractivity contribution in [3.8, 4) is 0 Å². The van der Waals surface area contributed by atoms with E-state index >= 15 is 0 Å². The van der Waals surface area contributed by atoms with Gasteiger partial charge in [0.1, 0.15) is 0 Å². The van der Waals surface area contributed by atoms with Gasteiger partial charge in [0.15, 0.2) is 0 Å². The predicted molar refractivity (Wildman–Crippen MR) is 49.7 cm³/mol. The topological polar surface area (TPSA) is 108 Å². The summed E-state index contributed by atoms with van der Waals surface area (Å²) >= 11 is 0. The van der Waals surface area contributed by atoms with Crippen molar-refractivity contribution in [1.29, 1.82) is 0 Å². The largest absolute Gasteiger partial charge is 0.473 e. The van der Waals surface area contributed by atoms with E-state index in [4.69, 9.17) is 24.5 Å². The number of carbonyl (C=O) groups is 2. The van der Waals surface area contributed by atoms with Crippen LogP contribution in [0.5, 0.6) is 0 Å². The van der Waals surface area contributed by atoms with Gasteiger partial charge >= 0.3 is 11.9 Å². The molecule has 86 valence electrons. The number of rotatable bonds is 0. The van der Waals surface area contributed by atoms with Crippen molar-refractivity contribution >= 4 is 11.9 Å². The highest BCUT2D eigenvalue weighted by Crippen LogP contribution is 2.16. The number of nitrogens with one attached hydrogen (secondary N) is 2. The average Bonchev–Trinajstić information content (AvgIpc) is 2.17. The van der Waals surface area contributed by atoms with E-state index < -0.39 is 11.9 Å². The van der Waals surface area contributed by atoms with Crippen LogP contribution < -0.4 is 10.6 Å². The Kier molecular flexibility index (Phi) is 4.01. The van der Waals surface area contributed by atoms with Gasteiger partial charge in [-0.2, -0.15) is 0 Å². The molecule has 0 atom stereocenters. The van der Waals surface area contributed by atoms with Gasteiger partial charge in [0.05, 0.1) is 18.8 Å². The number of hydrogen-bond donors (Lipinski definition) is 4. The Morgan fingerprint density at radius 3 is 1.93 bits per heavy atom. The third-order valence-corrected chi connectivity index (χ3v) is 2.20. The van der Waals surface area contributed by atoms with E-state index in [1.165, 1.54) is 0 Å². The van der Waals surface area contributed by atoms with Crippen LogP contribution in [0.1, 0.15) is 0 Å². The Morgan fingerprint density at radius 2 is 1.73 bits per heavy atom. The molecule has 2 heterocycles. The maximum absolute atomic E-state index is 9.10. The summed E-state index contributed by atoms with van der Waals surface area (Å²) < 4.78 is 5.11. The molecule has 7 heteroatoms. The minimum Gasteiger partial charge on any atom is -0.473 e. The molecule has 2 saturated heterocycles. The summed E-state index contributed by atoms with van der Waals surface area (Å²) in [5.74, 6) is -3.65. The Bertz CT molecular complexity index is 231. The van der Waals surface area contributed by atoms with Crippen LogP contribution in [0.15, 0.2) is 0 Å². The molecule has 0 aromatic rings. The first-order valence-corrected chi connectivity index (χ1v) is 4.55. The van der Waals surface area contributed by atoms with E-state index in [9.17, 15) is 0 Å². The first-order chi connectivity index (χ1) is 7.06. The van der Waals surface area contributed by atoms with Crippen LogP contribution >= 0.6 is 0 Å². The van der Waals surface area contributed by atoms with Gasteiger partial charge in [-0.1, -0.05) is 0 Å². The lowest BCUT2D eigenvalue weighted by atomic mass is 9.96. The number of aliphatic carboxylic acids is 2. The van der Waals surface area contributed by atoms with E-state index in [1.54, 1.807) is 0 Å². The zero-order valence-electron chi connectivity index (χ0n) is 8.15. The van der Waals surface area contributed by atoms with Crippen molar-refractivity contribution in [2.45, 2.75) is 5.54 Å². The smallest absolute Gasteiger partial charge is 0.414 e. The van der Waals surface area contributed by atoms with Crippen LogP contribution in [0.25, 0.3) is 0 Å². The lowest BCUT2D eigenvalue weighted by molar-refractivity contribution is -0.159. The molecule has 15 heavy (non-hydrogen) atoms. The molecule has 0 aromatic carbocycles. The van der Waals surface area contributed by atoms with Crippen molar-refractivity contribution < 1.29 is 24.5 Å². The number of ether oxygens (including phenoxy) is 1. The molecule has 0 unspecified atom stereocenters. The van der Waals surface area contributed by atoms with E-state index in [2.05, 4.69) is 10.6 Å². The molecule has 0 aromatic heterocycles. The van der Waals surface area contributed by atoms with Crippen LogP contribution in [-0.2, 0) is 14.3 Å². The molecule has 2 aliphatic heterocycles. The van der Waals surface area contributed by atoms with Gasteiger partial charge in [0.2, 0.25) is 0 Å². The summed E-state index contributed by atoms with van der Waals surface area (Å²) in [7, 11) is 0. The maximum atomic E-state index is 9.10. The second-order valence-corrected chi connectivity index (χ2v) is 3.49. The van der Waals surface area contributed by atoms with Crippen molar-refractivity contribution in [3.63, 3.8) is 0 Å². The first kappa shape index (κ1) is 11.9. The zero-order valence-corrected chi connectivity index (χ0v) is 8.15. The summed E-state index contributed by atoms with van der Waals surface area (Å²) in [5.41, 5.74) is 0.318. The molecule has 2 fully saturated rings. The molecule has 4 N–H and O–H groups in total. The summed E-state index contributed by atoms with van der Waals surface area (Å²) in [6.07, 6.45) is 0. The van der Waals surface area contributed by atoms with Crippen molar-refractivity contribution in [2.24, 2.45) is 0 Å². The molecule has 1 spiro atoms. The van der Waals surface area contributed by atoms with Crippen LogP contribution in [0, 0.1) is 0 Å². The SMILES string of the molecule is C1CNC2(CN1)COC2.O=C(O)C(=O)O. The van der Waals surface area contributed by atoms with Crippen LogP contribution in [0.2, 0.25) is 0 Å². The van der Waals surface area contributed by atoms with Gasteiger partial charge in [0.25, 0.3) is 0 Å². The van der Waals surface area contributed by atoms with Crippen LogP contribution in [-0.4, -0.2) is 60.5 Å². The molecular formula is C8H14N2O5. The third-order valence-electron chi connectivity index (χ3n) is 2.20. The molecule has 2 aliphatic rings. The molecule has 0 bridgehead atoms. The Balaban J connectivity index is 0.000000167. The van der Waals surface area contributed by atoms with Gasteiger partial charge in [-0.3, -0.25) is 0 Å². The number of hydrogen-bond acceptors (Lipinski definition) is 5. The summed E-state index contributed by atoms with van der Waals surface area (Å²) in [4.78, 5) is 18.2. The quantitative estimate of drug-likeness (QED) is 0.352. The van der Waals surface area contributed by atoms with E-state index in [0.29, 0.717) is 5.54 Å². The minimum atomic E-state index is -1.82. The van der Waals surface area contributed by atoms with Gasteiger partial charge in [0, 0.05) is 19.6 Å². The fraction of sp³-hybridized carbons (Fsp3) is 0.750. The van der Waals surface area contributed by atoms with Crippen molar-refractivity contribution in [1.82, 2.24) is 10.6 Å². The Labute approximate surface area is 86.4 Å². The lowest BCUT2D eigenvalue weighted by Gasteiger charge is -2.45. The molecule has 0 radical (unpaired) electrons. The number of piperazine rings is 1. The lowest BCUT2D eigenvalue weighted by Crippen LogP contribution is -2.69. The highest BCUT2D eigenvalue weighted by Gasteiger charge is 2.38.